The predicted molar refractivity (Wildman–Crippen MR) is 59.7 cm³/mol. The zero-order valence-electron chi connectivity index (χ0n) is 8.02. The fourth-order valence-electron chi connectivity index (χ4n) is 0.956. The van der Waals surface area contributed by atoms with Gasteiger partial charge in [0.15, 0.2) is 0 Å². The molecule has 0 saturated heterocycles. The van der Waals surface area contributed by atoms with Gasteiger partial charge >= 0.3 is 0 Å². The molecule has 0 saturated carbocycles. The quantitative estimate of drug-likeness (QED) is 0.505. The third-order valence-electron chi connectivity index (χ3n) is 1.84. The molecule has 2 atom stereocenters. The molecule has 0 aliphatic carbocycles. The molecule has 0 aromatic heterocycles. The maximum absolute atomic E-state index is 10.9. The smallest absolute Gasteiger partial charge is 0.0733 e. The molecule has 0 radical (unpaired) electrons. The number of thioether (sulfide) groups is 1. The van der Waals surface area contributed by atoms with E-state index < -0.39 is 7.80 Å². The lowest BCUT2D eigenvalue weighted by atomic mass is 9.91. The van der Waals surface area contributed by atoms with Crippen LogP contribution >= 0.6 is 19.6 Å². The van der Waals surface area contributed by atoms with Crippen molar-refractivity contribution in [2.75, 3.05) is 24.8 Å². The van der Waals surface area contributed by atoms with Crippen LogP contribution < -0.4 is 0 Å². The average molecular weight is 204 g/mol. The lowest BCUT2D eigenvalue weighted by Crippen LogP contribution is -2.17. The van der Waals surface area contributed by atoms with Crippen LogP contribution in [0.15, 0.2) is 0 Å². The second-order valence-corrected chi connectivity index (χ2v) is 6.11. The number of hydrogen-bond acceptors (Lipinski definition) is 2. The van der Waals surface area contributed by atoms with Crippen molar-refractivity contribution < 1.29 is 4.57 Å². The second-order valence-electron chi connectivity index (χ2n) is 3.34. The summed E-state index contributed by atoms with van der Waals surface area (Å²) >= 11 is 1.75. The van der Waals surface area contributed by atoms with Crippen LogP contribution in [0.5, 0.6) is 0 Å². The van der Waals surface area contributed by atoms with E-state index in [1.165, 1.54) is 0 Å². The Bertz CT molecular complexity index is 197. The Labute approximate surface area is 80.5 Å². The third-order valence-corrected chi connectivity index (χ3v) is 3.72. The van der Waals surface area contributed by atoms with Crippen molar-refractivity contribution in [2.24, 2.45) is 5.41 Å². The Morgan fingerprint density at radius 1 is 1.67 bits per heavy atom. The fraction of sp³-hybridized carbons (Fsp3) is 0.778. The van der Waals surface area contributed by atoms with E-state index in [-0.39, 0.29) is 5.41 Å². The fourth-order valence-corrected chi connectivity index (χ4v) is 2.73. The SMILES string of the molecule is C#CC(C)(CC[PH](C)=O)CSC. The summed E-state index contributed by atoms with van der Waals surface area (Å²) in [6.45, 7) is 3.86. The van der Waals surface area contributed by atoms with Crippen molar-refractivity contribution in [2.45, 2.75) is 13.3 Å². The van der Waals surface area contributed by atoms with E-state index in [0.717, 1.165) is 18.3 Å². The Morgan fingerprint density at radius 2 is 2.25 bits per heavy atom. The van der Waals surface area contributed by atoms with Gasteiger partial charge in [-0.25, -0.2) is 0 Å². The Hall–Kier alpha value is 0.140. The number of hydrogen-bond donors (Lipinski definition) is 0. The zero-order valence-corrected chi connectivity index (χ0v) is 9.83. The normalized spacial score (nSPS) is 17.8. The molecule has 0 heterocycles. The van der Waals surface area contributed by atoms with E-state index in [4.69, 9.17) is 6.42 Å². The molecule has 0 amide bonds. The summed E-state index contributed by atoms with van der Waals surface area (Å²) in [7, 11) is -1.35. The van der Waals surface area contributed by atoms with Gasteiger partial charge in [-0.2, -0.15) is 11.8 Å². The van der Waals surface area contributed by atoms with Crippen LogP contribution in [0.25, 0.3) is 0 Å². The van der Waals surface area contributed by atoms with Gasteiger partial charge in [0.25, 0.3) is 0 Å². The molecule has 1 nitrogen and oxygen atoms in total. The monoisotopic (exact) mass is 204 g/mol. The molecule has 0 aliphatic rings. The zero-order chi connectivity index (χ0) is 9.61. The van der Waals surface area contributed by atoms with Crippen molar-refractivity contribution in [3.05, 3.63) is 0 Å². The van der Waals surface area contributed by atoms with Crippen molar-refractivity contribution in [3.63, 3.8) is 0 Å². The van der Waals surface area contributed by atoms with E-state index in [0.29, 0.717) is 0 Å². The van der Waals surface area contributed by atoms with Crippen molar-refractivity contribution in [1.29, 1.82) is 0 Å². The molecule has 0 aromatic carbocycles. The molecular weight excluding hydrogens is 187 g/mol. The Balaban J connectivity index is 3.98. The van der Waals surface area contributed by atoms with Gasteiger partial charge in [0.05, 0.1) is 7.80 Å². The first kappa shape index (κ1) is 12.1. The van der Waals surface area contributed by atoms with Crippen LogP contribution in [0.2, 0.25) is 0 Å². The first-order valence-electron chi connectivity index (χ1n) is 4.00. The summed E-state index contributed by atoms with van der Waals surface area (Å²) in [5, 5.41) is 0. The highest BCUT2D eigenvalue weighted by atomic mass is 32.2. The summed E-state index contributed by atoms with van der Waals surface area (Å²) in [6, 6.07) is 0. The minimum atomic E-state index is -1.35. The van der Waals surface area contributed by atoms with E-state index in [9.17, 15) is 4.57 Å². The number of rotatable bonds is 5. The van der Waals surface area contributed by atoms with Gasteiger partial charge < -0.3 is 4.57 Å². The molecule has 0 N–H and O–H groups in total. The molecule has 0 rings (SSSR count). The lowest BCUT2D eigenvalue weighted by molar-refractivity contribution is 0.494. The maximum Gasteiger partial charge on any atom is 0.0733 e. The maximum atomic E-state index is 10.9. The molecule has 2 unspecified atom stereocenters. The molecule has 0 fully saturated rings. The summed E-state index contributed by atoms with van der Waals surface area (Å²) in [5.41, 5.74) is -0.0598. The summed E-state index contributed by atoms with van der Waals surface area (Å²) in [6.07, 6.45) is 9.14. The Morgan fingerprint density at radius 3 is 2.58 bits per heavy atom. The second kappa shape index (κ2) is 5.73. The molecule has 3 heteroatoms. The minimum Gasteiger partial charge on any atom is -0.327 e. The molecule has 0 aliphatic heterocycles. The van der Waals surface area contributed by atoms with Gasteiger partial charge in [0.1, 0.15) is 0 Å². The highest BCUT2D eigenvalue weighted by Gasteiger charge is 2.20. The molecule has 0 aromatic rings. The summed E-state index contributed by atoms with van der Waals surface area (Å²) < 4.78 is 10.9. The molecule has 0 spiro atoms. The standard InChI is InChI=1S/C9H17OPS/c1-5-9(2,8-12-4)6-7-11(3)10/h1,11H,6-8H2,2-4H3. The van der Waals surface area contributed by atoms with Crippen LogP contribution in [-0.2, 0) is 4.57 Å². The Kier molecular flexibility index (Phi) is 5.80. The highest BCUT2D eigenvalue weighted by Crippen LogP contribution is 2.29. The highest BCUT2D eigenvalue weighted by molar-refractivity contribution is 7.98. The van der Waals surface area contributed by atoms with Gasteiger partial charge in [-0.15, -0.1) is 6.42 Å². The van der Waals surface area contributed by atoms with Gasteiger partial charge in [-0.1, -0.05) is 5.92 Å². The molecule has 12 heavy (non-hydrogen) atoms. The van der Waals surface area contributed by atoms with Crippen LogP contribution in [0.4, 0.5) is 0 Å². The first-order valence-corrected chi connectivity index (χ1v) is 7.51. The summed E-state index contributed by atoms with van der Waals surface area (Å²) in [4.78, 5) is 0. The van der Waals surface area contributed by atoms with Gasteiger partial charge in [-0.3, -0.25) is 0 Å². The van der Waals surface area contributed by atoms with E-state index in [1.54, 1.807) is 18.4 Å². The molecule has 0 bridgehead atoms. The van der Waals surface area contributed by atoms with Crippen LogP contribution in [0.1, 0.15) is 13.3 Å². The van der Waals surface area contributed by atoms with Crippen LogP contribution in [0.3, 0.4) is 0 Å². The average Bonchev–Trinajstić information content (AvgIpc) is 2.02. The van der Waals surface area contributed by atoms with Gasteiger partial charge in [0.2, 0.25) is 0 Å². The van der Waals surface area contributed by atoms with E-state index in [2.05, 4.69) is 12.8 Å². The van der Waals surface area contributed by atoms with Crippen molar-refractivity contribution >= 4 is 19.6 Å². The van der Waals surface area contributed by atoms with Gasteiger partial charge in [0, 0.05) is 11.2 Å². The van der Waals surface area contributed by atoms with E-state index in [1.807, 2.05) is 6.26 Å². The summed E-state index contributed by atoms with van der Waals surface area (Å²) in [5.74, 6) is 3.75. The lowest BCUT2D eigenvalue weighted by Gasteiger charge is -2.21. The predicted octanol–water partition coefficient (Wildman–Crippen LogP) is 2.57. The van der Waals surface area contributed by atoms with E-state index >= 15 is 0 Å². The minimum absolute atomic E-state index is 0.0598. The van der Waals surface area contributed by atoms with Gasteiger partial charge in [-0.05, 0) is 32.4 Å². The molecular formula is C9H17OPS. The topological polar surface area (TPSA) is 17.1 Å². The largest absolute Gasteiger partial charge is 0.327 e. The third kappa shape index (κ3) is 4.91. The first-order chi connectivity index (χ1) is 5.54. The van der Waals surface area contributed by atoms with Crippen LogP contribution in [-0.4, -0.2) is 24.8 Å². The molecule has 70 valence electrons. The van der Waals surface area contributed by atoms with Crippen molar-refractivity contribution in [3.8, 4) is 12.3 Å². The van der Waals surface area contributed by atoms with Crippen LogP contribution in [0, 0.1) is 17.8 Å². The number of terminal acetylenes is 1. The van der Waals surface area contributed by atoms with Crippen molar-refractivity contribution in [1.82, 2.24) is 0 Å².